The molecule has 35 heavy (non-hydrogen) atoms. The van der Waals surface area contributed by atoms with Crippen LogP contribution in [0.3, 0.4) is 0 Å². The highest BCUT2D eigenvalue weighted by molar-refractivity contribution is 8.02. The van der Waals surface area contributed by atoms with Gasteiger partial charge in [0.1, 0.15) is 18.4 Å². The lowest BCUT2D eigenvalue weighted by atomic mass is 9.71. The monoisotopic (exact) mass is 500 g/mol. The number of fused-ring (bicyclic) bond motifs is 1. The Morgan fingerprint density at radius 2 is 2.03 bits per heavy atom. The number of methoxy groups -OCH3 is 1. The lowest BCUT2D eigenvalue weighted by Gasteiger charge is -2.38. The van der Waals surface area contributed by atoms with E-state index in [2.05, 4.69) is 13.2 Å². The van der Waals surface area contributed by atoms with Gasteiger partial charge in [-0.25, -0.2) is 0 Å². The number of benzene rings is 1. The summed E-state index contributed by atoms with van der Waals surface area (Å²) < 4.78 is 9.85. The van der Waals surface area contributed by atoms with Crippen molar-refractivity contribution in [3.05, 3.63) is 49.6 Å². The van der Waals surface area contributed by atoms with Crippen LogP contribution in [-0.2, 0) is 19.1 Å². The van der Waals surface area contributed by atoms with Crippen LogP contribution < -0.4 is 9.64 Å². The molecule has 1 N–H and O–H groups in total. The number of aliphatic hydroxyl groups excluding tert-OH is 1. The van der Waals surface area contributed by atoms with Gasteiger partial charge >= 0.3 is 5.97 Å². The number of rotatable bonds is 10. The van der Waals surface area contributed by atoms with E-state index >= 15 is 0 Å². The van der Waals surface area contributed by atoms with Gasteiger partial charge in [0.05, 0.1) is 36.3 Å². The average Bonchev–Trinajstić information content (AvgIpc) is 3.52. The molecule has 3 aliphatic heterocycles. The van der Waals surface area contributed by atoms with Crippen molar-refractivity contribution in [1.29, 1.82) is 0 Å². The van der Waals surface area contributed by atoms with Crippen molar-refractivity contribution in [1.82, 2.24) is 4.90 Å². The SMILES string of the molecule is C=CCOC(=O)[C@@H]1[C@H]2C(=O)N([C@H](C)CO)C(C(=O)N(CC=C)c3ccc(OC)cc3)C23CC[C@H]1S3. The minimum absolute atomic E-state index is 0.0737. The zero-order valence-corrected chi connectivity index (χ0v) is 20.9. The van der Waals surface area contributed by atoms with Crippen LogP contribution in [0.25, 0.3) is 0 Å². The average molecular weight is 501 g/mol. The molecule has 0 saturated carbocycles. The van der Waals surface area contributed by atoms with Gasteiger partial charge in [-0.05, 0) is 44.0 Å². The molecule has 1 spiro atoms. The van der Waals surface area contributed by atoms with E-state index in [-0.39, 0.29) is 36.8 Å². The number of amides is 2. The molecule has 3 aliphatic rings. The molecule has 4 rings (SSSR count). The van der Waals surface area contributed by atoms with E-state index in [0.29, 0.717) is 17.9 Å². The van der Waals surface area contributed by atoms with Crippen molar-refractivity contribution in [2.75, 3.05) is 31.8 Å². The summed E-state index contributed by atoms with van der Waals surface area (Å²) in [5.41, 5.74) is 0.652. The van der Waals surface area contributed by atoms with Crippen LogP contribution >= 0.6 is 11.8 Å². The lowest BCUT2D eigenvalue weighted by molar-refractivity contribution is -0.153. The molecule has 1 aromatic rings. The molecule has 9 heteroatoms. The second kappa shape index (κ2) is 10.1. The second-order valence-corrected chi connectivity index (χ2v) is 10.8. The molecule has 6 atom stereocenters. The minimum atomic E-state index is -0.823. The Bertz CT molecular complexity index is 1010. The van der Waals surface area contributed by atoms with Crippen molar-refractivity contribution >= 4 is 35.2 Å². The van der Waals surface area contributed by atoms with E-state index in [0.717, 1.165) is 6.42 Å². The predicted molar refractivity (Wildman–Crippen MR) is 134 cm³/mol. The zero-order chi connectivity index (χ0) is 25.3. The Hall–Kier alpha value is -2.78. The molecule has 2 amide bonds. The van der Waals surface area contributed by atoms with E-state index in [1.54, 1.807) is 61.0 Å². The van der Waals surface area contributed by atoms with Gasteiger partial charge in [0.15, 0.2) is 0 Å². The molecular formula is C26H32N2O6S. The molecule has 3 fully saturated rings. The van der Waals surface area contributed by atoms with E-state index in [9.17, 15) is 19.5 Å². The Labute approximate surface area is 209 Å². The summed E-state index contributed by atoms with van der Waals surface area (Å²) in [7, 11) is 1.57. The number of carbonyl (C=O) groups excluding carboxylic acids is 3. The van der Waals surface area contributed by atoms with Crippen LogP contribution in [0.4, 0.5) is 5.69 Å². The molecule has 3 saturated heterocycles. The summed E-state index contributed by atoms with van der Waals surface area (Å²) in [6.07, 6.45) is 4.50. The fourth-order valence-corrected chi connectivity index (χ4v) is 7.99. The van der Waals surface area contributed by atoms with Crippen molar-refractivity contribution < 1.29 is 29.0 Å². The van der Waals surface area contributed by atoms with Crippen LogP contribution in [0.1, 0.15) is 19.8 Å². The quantitative estimate of drug-likeness (QED) is 0.389. The molecule has 0 aliphatic carbocycles. The van der Waals surface area contributed by atoms with E-state index < -0.39 is 34.6 Å². The molecule has 2 unspecified atom stereocenters. The number of nitrogens with zero attached hydrogens (tertiary/aromatic N) is 2. The number of hydrogen-bond acceptors (Lipinski definition) is 7. The Kier molecular flexibility index (Phi) is 7.28. The van der Waals surface area contributed by atoms with Gasteiger partial charge in [-0.1, -0.05) is 18.7 Å². The van der Waals surface area contributed by atoms with Crippen molar-refractivity contribution in [3.8, 4) is 5.75 Å². The van der Waals surface area contributed by atoms with Crippen LogP contribution in [-0.4, -0.2) is 76.7 Å². The third kappa shape index (κ3) is 4.04. The number of anilines is 1. The smallest absolute Gasteiger partial charge is 0.311 e. The van der Waals surface area contributed by atoms with E-state index in [4.69, 9.17) is 9.47 Å². The largest absolute Gasteiger partial charge is 0.497 e. The van der Waals surface area contributed by atoms with Crippen LogP contribution in [0.5, 0.6) is 5.75 Å². The second-order valence-electron chi connectivity index (χ2n) is 9.19. The normalized spacial score (nSPS) is 29.5. The van der Waals surface area contributed by atoms with Crippen molar-refractivity contribution in [2.45, 2.75) is 41.8 Å². The zero-order valence-electron chi connectivity index (χ0n) is 20.1. The minimum Gasteiger partial charge on any atom is -0.497 e. The maximum atomic E-state index is 14.3. The van der Waals surface area contributed by atoms with Crippen molar-refractivity contribution in [2.24, 2.45) is 11.8 Å². The number of carbonyl (C=O) groups is 3. The number of aliphatic hydroxyl groups is 1. The maximum Gasteiger partial charge on any atom is 0.311 e. The van der Waals surface area contributed by atoms with Gasteiger partial charge in [-0.2, -0.15) is 0 Å². The Morgan fingerprint density at radius 1 is 1.31 bits per heavy atom. The predicted octanol–water partition coefficient (Wildman–Crippen LogP) is 2.42. The first-order valence-electron chi connectivity index (χ1n) is 11.8. The molecule has 0 radical (unpaired) electrons. The summed E-state index contributed by atoms with van der Waals surface area (Å²) in [4.78, 5) is 44.2. The third-order valence-electron chi connectivity index (χ3n) is 7.29. The van der Waals surface area contributed by atoms with E-state index in [1.165, 1.54) is 11.0 Å². The van der Waals surface area contributed by atoms with Crippen LogP contribution in [0.2, 0.25) is 0 Å². The number of thioether (sulfide) groups is 1. The standard InChI is InChI=1S/C26H32N2O6S/c1-5-13-27(17-7-9-18(33-4)10-8-17)24(31)22-26-12-11-19(35-26)20(25(32)34-14-6-2)21(26)23(30)28(22)16(3)15-29/h5-10,16,19-22,29H,1-2,11-15H2,3-4H3/t16-,19-,20+,21+,22?,26?/m1/s1. The maximum absolute atomic E-state index is 14.3. The van der Waals surface area contributed by atoms with Gasteiger partial charge in [-0.3, -0.25) is 14.4 Å². The molecule has 8 nitrogen and oxygen atoms in total. The highest BCUT2D eigenvalue weighted by Gasteiger charge is 2.74. The summed E-state index contributed by atoms with van der Waals surface area (Å²) in [5.74, 6) is -1.58. The first-order valence-corrected chi connectivity index (χ1v) is 12.7. The van der Waals surface area contributed by atoms with Gasteiger partial charge < -0.3 is 24.4 Å². The van der Waals surface area contributed by atoms with Crippen LogP contribution in [0, 0.1) is 11.8 Å². The summed E-state index contributed by atoms with van der Waals surface area (Å²) >= 11 is 1.56. The van der Waals surface area contributed by atoms with Gasteiger partial charge in [0.25, 0.3) is 5.91 Å². The first-order chi connectivity index (χ1) is 16.8. The van der Waals surface area contributed by atoms with Crippen molar-refractivity contribution in [3.63, 3.8) is 0 Å². The number of ether oxygens (including phenoxy) is 2. The Balaban J connectivity index is 1.76. The fourth-order valence-electron chi connectivity index (χ4n) is 5.80. The van der Waals surface area contributed by atoms with Crippen LogP contribution in [0.15, 0.2) is 49.6 Å². The summed E-state index contributed by atoms with van der Waals surface area (Å²) in [6, 6.07) is 5.73. The van der Waals surface area contributed by atoms with Gasteiger partial charge in [-0.15, -0.1) is 18.3 Å². The highest BCUT2D eigenvalue weighted by atomic mass is 32.2. The van der Waals surface area contributed by atoms with E-state index in [1.807, 2.05) is 0 Å². The first kappa shape index (κ1) is 25.3. The van der Waals surface area contributed by atoms with Gasteiger partial charge in [0, 0.05) is 17.5 Å². The lowest BCUT2D eigenvalue weighted by Crippen LogP contribution is -2.57. The molecule has 3 heterocycles. The summed E-state index contributed by atoms with van der Waals surface area (Å²) in [5, 5.41) is 9.91. The fraction of sp³-hybridized carbons (Fsp3) is 0.500. The molecule has 188 valence electrons. The third-order valence-corrected chi connectivity index (χ3v) is 9.24. The Morgan fingerprint density at radius 3 is 2.63 bits per heavy atom. The molecular weight excluding hydrogens is 468 g/mol. The number of likely N-dealkylation sites (tertiary alicyclic amines) is 1. The number of esters is 1. The molecule has 1 aromatic carbocycles. The van der Waals surface area contributed by atoms with Gasteiger partial charge in [0.2, 0.25) is 5.91 Å². The highest BCUT2D eigenvalue weighted by Crippen LogP contribution is 2.67. The molecule has 0 aromatic heterocycles. The molecule has 2 bridgehead atoms. The number of hydrogen-bond donors (Lipinski definition) is 1. The summed E-state index contributed by atoms with van der Waals surface area (Å²) in [6.45, 7) is 9.17. The topological polar surface area (TPSA) is 96.4 Å².